The summed E-state index contributed by atoms with van der Waals surface area (Å²) in [5.74, 6) is -0.978. The molecule has 10 heteroatoms. The van der Waals surface area contributed by atoms with Crippen molar-refractivity contribution in [2.75, 3.05) is 4.31 Å². The molecule has 0 fully saturated rings. The van der Waals surface area contributed by atoms with Gasteiger partial charge in [0, 0.05) is 6.42 Å². The van der Waals surface area contributed by atoms with E-state index in [4.69, 9.17) is 0 Å². The minimum absolute atomic E-state index is 0.0314. The van der Waals surface area contributed by atoms with E-state index < -0.39 is 17.2 Å². The van der Waals surface area contributed by atoms with Crippen LogP contribution in [0.2, 0.25) is 0 Å². The molecule has 2 aromatic heterocycles. The van der Waals surface area contributed by atoms with Crippen LogP contribution >= 0.6 is 23.1 Å². The number of aromatic carboxylic acids is 1. The molecule has 0 aliphatic heterocycles. The molecule has 1 atom stereocenters. The number of hydrogen-bond acceptors (Lipinski definition) is 6. The lowest BCUT2D eigenvalue weighted by Gasteiger charge is -2.17. The first kappa shape index (κ1) is 16.7. The van der Waals surface area contributed by atoms with Gasteiger partial charge in [-0.25, -0.2) is 13.3 Å². The molecule has 0 bridgehead atoms. The zero-order chi connectivity index (χ0) is 17.1. The van der Waals surface area contributed by atoms with E-state index in [1.165, 1.54) is 6.07 Å². The van der Waals surface area contributed by atoms with Crippen molar-refractivity contribution in [1.29, 1.82) is 0 Å². The first-order chi connectivity index (χ1) is 11.6. The third kappa shape index (κ3) is 3.36. The van der Waals surface area contributed by atoms with Gasteiger partial charge in [-0.15, -0.1) is 11.3 Å². The van der Waals surface area contributed by atoms with Crippen molar-refractivity contribution in [2.45, 2.75) is 6.42 Å². The number of carboxylic acid groups (broad SMARTS) is 1. The zero-order valence-electron chi connectivity index (χ0n) is 12.0. The van der Waals surface area contributed by atoms with Crippen LogP contribution in [0.3, 0.4) is 0 Å². The van der Waals surface area contributed by atoms with Crippen LogP contribution in [0.1, 0.15) is 20.9 Å². The summed E-state index contributed by atoms with van der Waals surface area (Å²) in [6.45, 7) is 0. The highest BCUT2D eigenvalue weighted by atomic mass is 32.2. The third-order valence-corrected chi connectivity index (χ3v) is 5.29. The molecule has 3 aromatic rings. The molecule has 0 radical (unpaired) electrons. The van der Waals surface area contributed by atoms with Gasteiger partial charge in [-0.3, -0.25) is 4.55 Å². The molecule has 7 nitrogen and oxygen atoms in total. The van der Waals surface area contributed by atoms with Crippen molar-refractivity contribution >= 4 is 51.8 Å². The van der Waals surface area contributed by atoms with Crippen LogP contribution < -0.4 is 4.31 Å². The summed E-state index contributed by atoms with van der Waals surface area (Å²) in [7, 11) is 0. The Kier molecular flexibility index (Phi) is 5.00. The van der Waals surface area contributed by atoms with Gasteiger partial charge in [0.1, 0.15) is 10.6 Å². The van der Waals surface area contributed by atoms with Crippen molar-refractivity contribution in [3.63, 3.8) is 0 Å². The van der Waals surface area contributed by atoms with E-state index in [0.717, 1.165) is 32.9 Å². The lowest BCUT2D eigenvalue weighted by molar-refractivity contribution is 0.0703. The number of aromatic nitrogens is 2. The number of nitrogens with zero attached hydrogens (tertiary/aromatic N) is 3. The van der Waals surface area contributed by atoms with Crippen LogP contribution in [0.5, 0.6) is 0 Å². The zero-order valence-corrected chi connectivity index (χ0v) is 14.5. The Morgan fingerprint density at radius 1 is 1.21 bits per heavy atom. The fraction of sp³-hybridized carbons (Fsp3) is 0.0714. The van der Waals surface area contributed by atoms with E-state index >= 15 is 0 Å². The maximum absolute atomic E-state index is 11.9. The number of hydrogen-bond donors (Lipinski definition) is 2. The minimum atomic E-state index is -2.48. The molecule has 1 unspecified atom stereocenters. The summed E-state index contributed by atoms with van der Waals surface area (Å²) in [6.07, 6.45) is 0.424. The van der Waals surface area contributed by atoms with E-state index in [-0.39, 0.29) is 16.4 Å². The van der Waals surface area contributed by atoms with Crippen molar-refractivity contribution in [2.24, 2.45) is 0 Å². The summed E-state index contributed by atoms with van der Waals surface area (Å²) < 4.78 is 30.9. The first-order valence-electron chi connectivity index (χ1n) is 6.65. The smallest absolute Gasteiger partial charge is 0.348 e. The molecular weight excluding hydrogens is 370 g/mol. The summed E-state index contributed by atoms with van der Waals surface area (Å²) >= 11 is -0.586. The standard InChI is InChI=1S/C14H11N3O4S3/c18-14(19)12-11(6-7-22-12)17(24(20)21)13-10(15-23-16-13)8-9-4-2-1-3-5-9/h1-7H,8H2,(H,18,19)(H,20,21). The van der Waals surface area contributed by atoms with Gasteiger partial charge in [0.2, 0.25) is 0 Å². The predicted molar refractivity (Wildman–Crippen MR) is 93.3 cm³/mol. The fourth-order valence-corrected chi connectivity index (χ4v) is 4.14. The topological polar surface area (TPSA) is 104 Å². The van der Waals surface area contributed by atoms with Crippen LogP contribution in [-0.2, 0) is 17.7 Å². The first-order valence-corrected chi connectivity index (χ1v) is 9.32. The molecule has 0 amide bonds. The van der Waals surface area contributed by atoms with Crippen LogP contribution in [0, 0.1) is 0 Å². The predicted octanol–water partition coefficient (Wildman–Crippen LogP) is 3.16. The molecule has 124 valence electrons. The van der Waals surface area contributed by atoms with E-state index in [1.54, 1.807) is 5.38 Å². The number of anilines is 2. The molecule has 3 rings (SSSR count). The molecule has 24 heavy (non-hydrogen) atoms. The largest absolute Gasteiger partial charge is 0.477 e. The highest BCUT2D eigenvalue weighted by molar-refractivity contribution is 7.81. The van der Waals surface area contributed by atoms with Crippen LogP contribution in [0.25, 0.3) is 0 Å². The number of thiophene rings is 1. The highest BCUT2D eigenvalue weighted by Crippen LogP contribution is 2.35. The number of benzene rings is 1. The molecule has 2 N–H and O–H groups in total. The second kappa shape index (κ2) is 7.18. The van der Waals surface area contributed by atoms with Crippen molar-refractivity contribution in [3.05, 3.63) is 57.9 Å². The van der Waals surface area contributed by atoms with Crippen LogP contribution in [-0.4, -0.2) is 28.6 Å². The second-order valence-corrected chi connectivity index (χ2v) is 6.93. The van der Waals surface area contributed by atoms with Crippen molar-refractivity contribution in [1.82, 2.24) is 8.75 Å². The average molecular weight is 381 g/mol. The van der Waals surface area contributed by atoms with Gasteiger partial charge in [-0.2, -0.15) is 8.75 Å². The molecule has 0 aliphatic rings. The second-order valence-electron chi connectivity index (χ2n) is 4.66. The van der Waals surface area contributed by atoms with Gasteiger partial charge in [0.05, 0.1) is 17.4 Å². The van der Waals surface area contributed by atoms with Gasteiger partial charge < -0.3 is 5.11 Å². The van der Waals surface area contributed by atoms with Gasteiger partial charge in [-0.05, 0) is 17.0 Å². The molecule has 1 aromatic carbocycles. The Labute approximate surface area is 148 Å². The summed E-state index contributed by atoms with van der Waals surface area (Å²) in [5.41, 5.74) is 1.60. The monoisotopic (exact) mass is 381 g/mol. The molecule has 0 saturated carbocycles. The van der Waals surface area contributed by atoms with Gasteiger partial charge in [0.15, 0.2) is 5.82 Å². The van der Waals surface area contributed by atoms with Crippen LogP contribution in [0.4, 0.5) is 11.5 Å². The number of rotatable bonds is 6. The Balaban J connectivity index is 2.02. The average Bonchev–Trinajstić information content (AvgIpc) is 3.19. The molecule has 0 saturated heterocycles. The quantitative estimate of drug-likeness (QED) is 0.636. The SMILES string of the molecule is O=C(O)c1sccc1N(c1nsnc1Cc1ccccc1)S(=O)O. The summed E-state index contributed by atoms with van der Waals surface area (Å²) in [4.78, 5) is 11.3. The maximum atomic E-state index is 11.9. The third-order valence-electron chi connectivity index (χ3n) is 3.16. The highest BCUT2D eigenvalue weighted by Gasteiger charge is 2.27. The molecule has 2 heterocycles. The van der Waals surface area contributed by atoms with Gasteiger partial charge in [-0.1, -0.05) is 30.3 Å². The Hall–Kier alpha value is -2.14. The maximum Gasteiger partial charge on any atom is 0.348 e. The Bertz CT molecular complexity index is 878. The van der Waals surface area contributed by atoms with Gasteiger partial charge >= 0.3 is 5.97 Å². The van der Waals surface area contributed by atoms with E-state index in [9.17, 15) is 18.7 Å². The lowest BCUT2D eigenvalue weighted by atomic mass is 10.1. The van der Waals surface area contributed by atoms with E-state index in [2.05, 4.69) is 8.75 Å². The van der Waals surface area contributed by atoms with E-state index in [1.807, 2.05) is 30.3 Å². The Morgan fingerprint density at radius 3 is 2.62 bits per heavy atom. The lowest BCUT2D eigenvalue weighted by Crippen LogP contribution is -2.22. The number of carbonyl (C=O) groups is 1. The van der Waals surface area contributed by atoms with Crippen LogP contribution in [0.15, 0.2) is 41.8 Å². The Morgan fingerprint density at radius 2 is 1.96 bits per heavy atom. The van der Waals surface area contributed by atoms with E-state index in [0.29, 0.717) is 12.1 Å². The van der Waals surface area contributed by atoms with Gasteiger partial charge in [0.25, 0.3) is 11.3 Å². The molecular formula is C14H11N3O4S3. The molecule has 0 spiro atoms. The molecule has 0 aliphatic carbocycles. The van der Waals surface area contributed by atoms with Crippen molar-refractivity contribution < 1.29 is 18.7 Å². The number of carboxylic acids is 1. The summed E-state index contributed by atoms with van der Waals surface area (Å²) in [6, 6.07) is 11.0. The fourth-order valence-electron chi connectivity index (χ4n) is 2.15. The van der Waals surface area contributed by atoms with Crippen molar-refractivity contribution in [3.8, 4) is 0 Å². The normalized spacial score (nSPS) is 12.0. The minimum Gasteiger partial charge on any atom is -0.477 e. The summed E-state index contributed by atoms with van der Waals surface area (Å²) in [5, 5.41) is 10.8.